The Morgan fingerprint density at radius 1 is 1.08 bits per heavy atom. The van der Waals surface area contributed by atoms with Gasteiger partial charge in [0.25, 0.3) is 5.91 Å². The molecule has 0 saturated heterocycles. The molecule has 0 unspecified atom stereocenters. The summed E-state index contributed by atoms with van der Waals surface area (Å²) in [5, 5.41) is 4.12. The van der Waals surface area contributed by atoms with E-state index in [1.165, 1.54) is 0 Å². The summed E-state index contributed by atoms with van der Waals surface area (Å²) in [6.45, 7) is 0.799. The van der Waals surface area contributed by atoms with Gasteiger partial charge in [0.15, 0.2) is 24.1 Å². The standard InChI is InChI=1S/C15H17F3N2O4/c1-2-3-4-13(23)24-8-12(22)19-7-11(21)20-10-6-5-9(16)14(17)15(10)18/h5-6H,2-4,7-8H2,1H3,(H,19,22)(H,20,21). The summed E-state index contributed by atoms with van der Waals surface area (Å²) in [5.74, 6) is -6.74. The number of hydrogen-bond acceptors (Lipinski definition) is 4. The van der Waals surface area contributed by atoms with Gasteiger partial charge in [-0.15, -0.1) is 0 Å². The first-order valence-electron chi connectivity index (χ1n) is 7.20. The molecule has 2 N–H and O–H groups in total. The molecule has 0 spiro atoms. The van der Waals surface area contributed by atoms with E-state index in [1.807, 2.05) is 12.2 Å². The molecule has 1 aromatic carbocycles. The number of nitrogens with one attached hydrogen (secondary N) is 2. The Balaban J connectivity index is 2.37. The van der Waals surface area contributed by atoms with Gasteiger partial charge < -0.3 is 15.4 Å². The third kappa shape index (κ3) is 6.27. The van der Waals surface area contributed by atoms with E-state index in [4.69, 9.17) is 0 Å². The molecule has 0 aliphatic carbocycles. The number of hydrogen-bond donors (Lipinski definition) is 2. The molecule has 0 atom stereocenters. The van der Waals surface area contributed by atoms with Crippen LogP contribution in [0.5, 0.6) is 0 Å². The fourth-order valence-corrected chi connectivity index (χ4v) is 1.59. The molecule has 0 saturated carbocycles. The third-order valence-corrected chi connectivity index (χ3v) is 2.85. The quantitative estimate of drug-likeness (QED) is 0.556. The van der Waals surface area contributed by atoms with Crippen LogP contribution in [0.25, 0.3) is 0 Å². The molecule has 24 heavy (non-hydrogen) atoms. The molecule has 6 nitrogen and oxygen atoms in total. The highest BCUT2D eigenvalue weighted by Gasteiger charge is 2.15. The van der Waals surface area contributed by atoms with Crippen LogP contribution in [0, 0.1) is 17.5 Å². The molecule has 9 heteroatoms. The zero-order chi connectivity index (χ0) is 18.1. The van der Waals surface area contributed by atoms with E-state index >= 15 is 0 Å². The lowest BCUT2D eigenvalue weighted by molar-refractivity contribution is -0.148. The normalized spacial score (nSPS) is 10.2. The molecule has 0 heterocycles. The van der Waals surface area contributed by atoms with E-state index in [0.29, 0.717) is 12.5 Å². The van der Waals surface area contributed by atoms with Crippen LogP contribution >= 0.6 is 0 Å². The molecular formula is C15H17F3N2O4. The topological polar surface area (TPSA) is 84.5 Å². The Labute approximate surface area is 136 Å². The molecule has 2 amide bonds. The second kappa shape index (κ2) is 9.53. The predicted octanol–water partition coefficient (Wildman–Crippen LogP) is 1.89. The number of carbonyl (C=O) groups is 3. The van der Waals surface area contributed by atoms with Crippen LogP contribution < -0.4 is 10.6 Å². The lowest BCUT2D eigenvalue weighted by Crippen LogP contribution is -2.35. The van der Waals surface area contributed by atoms with Crippen molar-refractivity contribution in [2.24, 2.45) is 0 Å². The fraction of sp³-hybridized carbons (Fsp3) is 0.400. The van der Waals surface area contributed by atoms with E-state index in [1.54, 1.807) is 0 Å². The molecule has 0 fully saturated rings. The van der Waals surface area contributed by atoms with Gasteiger partial charge >= 0.3 is 5.97 Å². The summed E-state index contributed by atoms with van der Waals surface area (Å²) in [6.07, 6.45) is 1.64. The van der Waals surface area contributed by atoms with Gasteiger partial charge in [-0.05, 0) is 18.6 Å². The minimum absolute atomic E-state index is 0.194. The molecule has 0 bridgehead atoms. The van der Waals surface area contributed by atoms with Crippen molar-refractivity contribution in [2.45, 2.75) is 26.2 Å². The molecule has 1 rings (SSSR count). The Bertz CT molecular complexity index is 623. The zero-order valence-electron chi connectivity index (χ0n) is 13.0. The van der Waals surface area contributed by atoms with Gasteiger partial charge in [0.2, 0.25) is 5.91 Å². The summed E-state index contributed by atoms with van der Waals surface area (Å²) < 4.78 is 43.8. The van der Waals surface area contributed by atoms with Gasteiger partial charge in [0.1, 0.15) is 0 Å². The number of benzene rings is 1. The van der Waals surface area contributed by atoms with Crippen molar-refractivity contribution in [1.29, 1.82) is 0 Å². The Hall–Kier alpha value is -2.58. The van der Waals surface area contributed by atoms with Crippen LogP contribution in [0.15, 0.2) is 12.1 Å². The van der Waals surface area contributed by atoms with Crippen LogP contribution in [-0.4, -0.2) is 30.9 Å². The monoisotopic (exact) mass is 346 g/mol. The van der Waals surface area contributed by atoms with Crippen molar-refractivity contribution in [1.82, 2.24) is 5.32 Å². The Morgan fingerprint density at radius 2 is 1.79 bits per heavy atom. The minimum Gasteiger partial charge on any atom is -0.456 e. The molecule has 0 aromatic heterocycles. The Kier molecular flexibility index (Phi) is 7.73. The smallest absolute Gasteiger partial charge is 0.306 e. The maximum absolute atomic E-state index is 13.4. The van der Waals surface area contributed by atoms with E-state index in [0.717, 1.165) is 12.5 Å². The van der Waals surface area contributed by atoms with Gasteiger partial charge in [-0.25, -0.2) is 13.2 Å². The van der Waals surface area contributed by atoms with Crippen LogP contribution in [0.3, 0.4) is 0 Å². The van der Waals surface area contributed by atoms with Crippen LogP contribution in [0.1, 0.15) is 26.2 Å². The first kappa shape index (κ1) is 19.5. The molecule has 132 valence electrons. The number of esters is 1. The van der Waals surface area contributed by atoms with E-state index < -0.39 is 54.1 Å². The summed E-state index contributed by atoms with van der Waals surface area (Å²) in [7, 11) is 0. The second-order valence-corrected chi connectivity index (χ2v) is 4.81. The molecular weight excluding hydrogens is 329 g/mol. The van der Waals surface area contributed by atoms with Crippen molar-refractivity contribution >= 4 is 23.5 Å². The summed E-state index contributed by atoms with van der Waals surface area (Å²) in [4.78, 5) is 34.1. The van der Waals surface area contributed by atoms with Crippen molar-refractivity contribution in [3.05, 3.63) is 29.6 Å². The summed E-state index contributed by atoms with van der Waals surface area (Å²) in [5.41, 5.74) is -0.556. The van der Waals surface area contributed by atoms with Gasteiger partial charge in [-0.2, -0.15) is 0 Å². The number of anilines is 1. The number of carbonyl (C=O) groups excluding carboxylic acids is 3. The molecule has 1 aromatic rings. The van der Waals surface area contributed by atoms with Gasteiger partial charge in [0, 0.05) is 6.42 Å². The number of rotatable bonds is 8. The highest BCUT2D eigenvalue weighted by atomic mass is 19.2. The van der Waals surface area contributed by atoms with Crippen molar-refractivity contribution in [3.8, 4) is 0 Å². The first-order valence-corrected chi connectivity index (χ1v) is 7.20. The van der Waals surface area contributed by atoms with Crippen molar-refractivity contribution < 1.29 is 32.3 Å². The van der Waals surface area contributed by atoms with Crippen LogP contribution in [0.2, 0.25) is 0 Å². The van der Waals surface area contributed by atoms with E-state index in [-0.39, 0.29) is 6.42 Å². The SMILES string of the molecule is CCCCC(=O)OCC(=O)NCC(=O)Nc1ccc(F)c(F)c1F. The summed E-state index contributed by atoms with van der Waals surface area (Å²) in [6, 6.07) is 1.51. The maximum atomic E-state index is 13.4. The molecule has 0 aliphatic rings. The number of ether oxygens (including phenoxy) is 1. The number of unbranched alkanes of at least 4 members (excludes halogenated alkanes) is 1. The molecule has 0 radical (unpaired) electrons. The number of halogens is 3. The summed E-state index contributed by atoms with van der Waals surface area (Å²) >= 11 is 0. The lowest BCUT2D eigenvalue weighted by Gasteiger charge is -2.09. The zero-order valence-corrected chi connectivity index (χ0v) is 13.0. The fourth-order valence-electron chi connectivity index (χ4n) is 1.59. The van der Waals surface area contributed by atoms with Gasteiger partial charge in [0.05, 0.1) is 12.2 Å². The third-order valence-electron chi connectivity index (χ3n) is 2.85. The van der Waals surface area contributed by atoms with Crippen LogP contribution in [-0.2, 0) is 19.1 Å². The predicted molar refractivity (Wildman–Crippen MR) is 78.4 cm³/mol. The highest BCUT2D eigenvalue weighted by molar-refractivity contribution is 5.94. The van der Waals surface area contributed by atoms with Crippen molar-refractivity contribution in [2.75, 3.05) is 18.5 Å². The largest absolute Gasteiger partial charge is 0.456 e. The Morgan fingerprint density at radius 3 is 2.46 bits per heavy atom. The average molecular weight is 346 g/mol. The highest BCUT2D eigenvalue weighted by Crippen LogP contribution is 2.19. The number of amides is 2. The maximum Gasteiger partial charge on any atom is 0.306 e. The average Bonchev–Trinajstić information content (AvgIpc) is 2.56. The van der Waals surface area contributed by atoms with E-state index in [2.05, 4.69) is 10.1 Å². The van der Waals surface area contributed by atoms with Crippen molar-refractivity contribution in [3.63, 3.8) is 0 Å². The second-order valence-electron chi connectivity index (χ2n) is 4.81. The van der Waals surface area contributed by atoms with Gasteiger partial charge in [-0.1, -0.05) is 13.3 Å². The van der Waals surface area contributed by atoms with Crippen LogP contribution in [0.4, 0.5) is 18.9 Å². The van der Waals surface area contributed by atoms with Gasteiger partial charge in [-0.3, -0.25) is 14.4 Å². The minimum atomic E-state index is -1.71. The lowest BCUT2D eigenvalue weighted by atomic mass is 10.2. The van der Waals surface area contributed by atoms with E-state index in [9.17, 15) is 27.6 Å². The first-order chi connectivity index (χ1) is 11.3. The molecule has 0 aliphatic heterocycles.